The second-order valence-corrected chi connectivity index (χ2v) is 3.53. The van der Waals surface area contributed by atoms with E-state index in [1.165, 1.54) is 7.05 Å². The normalized spacial score (nSPS) is 9.71. The standard InChI is InChI=1S/C11H12N4O.ClH/c1-15(11(12)13)10(16)8-3-2-7-4-5-14-9(7)6-8;/h2-6,14H,1H3,(H3,12,13);1H. The lowest BCUT2D eigenvalue weighted by Gasteiger charge is -2.14. The molecule has 0 aliphatic carbocycles. The van der Waals surface area contributed by atoms with Gasteiger partial charge >= 0.3 is 0 Å². The number of nitrogens with two attached hydrogens (primary N) is 1. The average molecular weight is 253 g/mol. The summed E-state index contributed by atoms with van der Waals surface area (Å²) >= 11 is 0. The van der Waals surface area contributed by atoms with Crippen LogP contribution in [0.3, 0.4) is 0 Å². The van der Waals surface area contributed by atoms with Crippen molar-refractivity contribution in [3.05, 3.63) is 36.0 Å². The number of amides is 1. The van der Waals surface area contributed by atoms with Crippen molar-refractivity contribution in [2.24, 2.45) is 5.73 Å². The number of halogens is 1. The van der Waals surface area contributed by atoms with Crippen molar-refractivity contribution < 1.29 is 4.79 Å². The van der Waals surface area contributed by atoms with Crippen LogP contribution in [0.25, 0.3) is 10.9 Å². The maximum absolute atomic E-state index is 11.8. The highest BCUT2D eigenvalue weighted by atomic mass is 35.5. The van der Waals surface area contributed by atoms with E-state index in [0.29, 0.717) is 5.56 Å². The average Bonchev–Trinajstić information content (AvgIpc) is 2.73. The molecule has 0 bridgehead atoms. The quantitative estimate of drug-likeness (QED) is 0.531. The number of H-pyrrole nitrogens is 1. The summed E-state index contributed by atoms with van der Waals surface area (Å²) in [5, 5.41) is 8.23. The van der Waals surface area contributed by atoms with Crippen molar-refractivity contribution in [2.45, 2.75) is 0 Å². The Morgan fingerprint density at radius 2 is 2.12 bits per heavy atom. The molecule has 0 saturated heterocycles. The first kappa shape index (κ1) is 13.1. The molecule has 1 aromatic heterocycles. The van der Waals surface area contributed by atoms with E-state index in [9.17, 15) is 4.79 Å². The number of aromatic nitrogens is 1. The number of fused-ring (bicyclic) bond motifs is 1. The predicted octanol–water partition coefficient (Wildman–Crippen LogP) is 1.56. The summed E-state index contributed by atoms with van der Waals surface area (Å²) in [7, 11) is 1.48. The van der Waals surface area contributed by atoms with Gasteiger partial charge in [-0.15, -0.1) is 12.4 Å². The van der Waals surface area contributed by atoms with E-state index in [1.54, 1.807) is 12.1 Å². The van der Waals surface area contributed by atoms with Gasteiger partial charge in [0.05, 0.1) is 0 Å². The third kappa shape index (κ3) is 2.39. The predicted molar refractivity (Wildman–Crippen MR) is 69.6 cm³/mol. The molecule has 1 aromatic carbocycles. The highest BCUT2D eigenvalue weighted by Crippen LogP contribution is 2.15. The monoisotopic (exact) mass is 252 g/mol. The number of carbonyl (C=O) groups is 1. The van der Waals surface area contributed by atoms with E-state index in [4.69, 9.17) is 11.1 Å². The van der Waals surface area contributed by atoms with Gasteiger partial charge in [0.15, 0.2) is 5.96 Å². The fourth-order valence-electron chi connectivity index (χ4n) is 1.48. The summed E-state index contributed by atoms with van der Waals surface area (Å²) in [5.74, 6) is -0.555. The summed E-state index contributed by atoms with van der Waals surface area (Å²) in [6.07, 6.45) is 1.81. The Hall–Kier alpha value is -2.01. The molecular formula is C11H13ClN4O. The Labute approximate surface area is 105 Å². The number of nitrogens with zero attached hydrogens (tertiary/aromatic N) is 1. The van der Waals surface area contributed by atoms with E-state index in [-0.39, 0.29) is 24.3 Å². The van der Waals surface area contributed by atoms with Crippen molar-refractivity contribution in [3.8, 4) is 0 Å². The third-order valence-corrected chi connectivity index (χ3v) is 2.47. The van der Waals surface area contributed by atoms with E-state index in [1.807, 2.05) is 18.3 Å². The zero-order chi connectivity index (χ0) is 11.7. The molecule has 4 N–H and O–H groups in total. The van der Waals surface area contributed by atoms with Crippen molar-refractivity contribution in [2.75, 3.05) is 7.05 Å². The van der Waals surface area contributed by atoms with Crippen LogP contribution in [-0.2, 0) is 0 Å². The smallest absolute Gasteiger partial charge is 0.260 e. The highest BCUT2D eigenvalue weighted by Gasteiger charge is 2.13. The molecule has 0 radical (unpaired) electrons. The number of rotatable bonds is 1. The van der Waals surface area contributed by atoms with Crippen LogP contribution < -0.4 is 5.73 Å². The first-order chi connectivity index (χ1) is 7.59. The molecule has 0 spiro atoms. The minimum absolute atomic E-state index is 0. The second-order valence-electron chi connectivity index (χ2n) is 3.53. The fraction of sp³-hybridized carbons (Fsp3) is 0.0909. The third-order valence-electron chi connectivity index (χ3n) is 2.47. The lowest BCUT2D eigenvalue weighted by atomic mass is 10.1. The van der Waals surface area contributed by atoms with Crippen LogP contribution >= 0.6 is 12.4 Å². The van der Waals surface area contributed by atoms with Gasteiger partial charge in [0.2, 0.25) is 0 Å². The van der Waals surface area contributed by atoms with Gasteiger partial charge in [-0.2, -0.15) is 0 Å². The van der Waals surface area contributed by atoms with Crippen molar-refractivity contribution in [1.29, 1.82) is 5.41 Å². The van der Waals surface area contributed by atoms with Gasteiger partial charge in [0, 0.05) is 24.3 Å². The Bertz CT molecular complexity index is 563. The van der Waals surface area contributed by atoms with E-state index < -0.39 is 0 Å². The molecule has 90 valence electrons. The lowest BCUT2D eigenvalue weighted by molar-refractivity contribution is 0.0869. The zero-order valence-corrected chi connectivity index (χ0v) is 10.0. The molecule has 6 heteroatoms. The molecule has 2 rings (SSSR count). The first-order valence-corrected chi connectivity index (χ1v) is 4.79. The molecule has 1 heterocycles. The number of benzene rings is 1. The van der Waals surface area contributed by atoms with Crippen LogP contribution in [0.4, 0.5) is 0 Å². The Balaban J connectivity index is 0.00000144. The van der Waals surface area contributed by atoms with Gasteiger partial charge in [-0.25, -0.2) is 0 Å². The number of hydrogen-bond acceptors (Lipinski definition) is 2. The zero-order valence-electron chi connectivity index (χ0n) is 9.23. The number of aromatic amines is 1. The van der Waals surface area contributed by atoms with Crippen LogP contribution in [0.15, 0.2) is 30.5 Å². The summed E-state index contributed by atoms with van der Waals surface area (Å²) in [6, 6.07) is 7.25. The maximum atomic E-state index is 11.8. The topological polar surface area (TPSA) is 86.0 Å². The van der Waals surface area contributed by atoms with Crippen molar-refractivity contribution in [1.82, 2.24) is 9.88 Å². The van der Waals surface area contributed by atoms with Gasteiger partial charge < -0.3 is 10.7 Å². The maximum Gasteiger partial charge on any atom is 0.260 e. The molecular weight excluding hydrogens is 240 g/mol. The molecule has 1 amide bonds. The lowest BCUT2D eigenvalue weighted by Crippen LogP contribution is -2.37. The molecule has 0 atom stereocenters. The fourth-order valence-corrected chi connectivity index (χ4v) is 1.48. The first-order valence-electron chi connectivity index (χ1n) is 4.79. The van der Waals surface area contributed by atoms with Gasteiger partial charge in [0.25, 0.3) is 5.91 Å². The Morgan fingerprint density at radius 1 is 1.41 bits per heavy atom. The van der Waals surface area contributed by atoms with Crippen LogP contribution in [0.2, 0.25) is 0 Å². The number of hydrogen-bond donors (Lipinski definition) is 3. The molecule has 5 nitrogen and oxygen atoms in total. The van der Waals surface area contributed by atoms with Crippen LogP contribution in [0.1, 0.15) is 10.4 Å². The summed E-state index contributed by atoms with van der Waals surface area (Å²) in [4.78, 5) is 16.0. The van der Waals surface area contributed by atoms with Gasteiger partial charge in [-0.05, 0) is 23.6 Å². The number of nitrogens with one attached hydrogen (secondary N) is 2. The highest BCUT2D eigenvalue weighted by molar-refractivity contribution is 6.05. The second kappa shape index (κ2) is 4.88. The molecule has 2 aromatic rings. The minimum atomic E-state index is -0.288. The van der Waals surface area contributed by atoms with Gasteiger partial charge in [0.1, 0.15) is 0 Å². The van der Waals surface area contributed by atoms with Gasteiger partial charge in [-0.3, -0.25) is 15.1 Å². The Kier molecular flexibility index (Phi) is 3.75. The Morgan fingerprint density at radius 3 is 2.76 bits per heavy atom. The molecule has 0 saturated carbocycles. The molecule has 0 aliphatic heterocycles. The summed E-state index contributed by atoms with van der Waals surface area (Å²) in [6.45, 7) is 0. The van der Waals surface area contributed by atoms with E-state index in [0.717, 1.165) is 15.8 Å². The molecule has 0 aliphatic rings. The van der Waals surface area contributed by atoms with Gasteiger partial charge in [-0.1, -0.05) is 6.07 Å². The summed E-state index contributed by atoms with van der Waals surface area (Å²) < 4.78 is 0. The van der Waals surface area contributed by atoms with E-state index in [2.05, 4.69) is 4.98 Å². The SMILES string of the molecule is CN(C(=N)N)C(=O)c1ccc2cc[nH]c2c1.Cl. The largest absolute Gasteiger partial charge is 0.370 e. The number of carbonyl (C=O) groups excluding carboxylic acids is 1. The van der Waals surface area contributed by atoms with Crippen molar-refractivity contribution in [3.63, 3.8) is 0 Å². The summed E-state index contributed by atoms with van der Waals surface area (Å²) in [5.41, 5.74) is 6.65. The van der Waals surface area contributed by atoms with Crippen LogP contribution in [0.5, 0.6) is 0 Å². The van der Waals surface area contributed by atoms with Crippen LogP contribution in [-0.4, -0.2) is 28.8 Å². The van der Waals surface area contributed by atoms with E-state index >= 15 is 0 Å². The van der Waals surface area contributed by atoms with Crippen LogP contribution in [0, 0.1) is 5.41 Å². The molecule has 0 fully saturated rings. The molecule has 17 heavy (non-hydrogen) atoms. The molecule has 0 unspecified atom stereocenters. The minimum Gasteiger partial charge on any atom is -0.370 e. The number of guanidine groups is 1. The van der Waals surface area contributed by atoms with Crippen molar-refractivity contribution >= 4 is 35.2 Å².